The van der Waals surface area contributed by atoms with Crippen molar-refractivity contribution in [3.63, 3.8) is 0 Å². The number of carbonyl (C=O) groups excluding carboxylic acids is 1. The smallest absolute Gasteiger partial charge is 0.316 e. The van der Waals surface area contributed by atoms with E-state index in [0.29, 0.717) is 33.7 Å². The molecule has 0 radical (unpaired) electrons. The van der Waals surface area contributed by atoms with Crippen LogP contribution >= 0.6 is 23.4 Å². The van der Waals surface area contributed by atoms with Crippen molar-refractivity contribution in [1.29, 1.82) is 5.26 Å². The third kappa shape index (κ3) is 10.4. The van der Waals surface area contributed by atoms with E-state index in [1.165, 1.54) is 0 Å². The van der Waals surface area contributed by atoms with Crippen LogP contribution in [0.1, 0.15) is 30.9 Å². The summed E-state index contributed by atoms with van der Waals surface area (Å²) in [6.07, 6.45) is 1.07. The van der Waals surface area contributed by atoms with Gasteiger partial charge in [-0.05, 0) is 60.0 Å². The highest BCUT2D eigenvalue weighted by Crippen LogP contribution is 2.34. The summed E-state index contributed by atoms with van der Waals surface area (Å²) in [5, 5.41) is 11.2. The van der Waals surface area contributed by atoms with Crippen LogP contribution in [0.4, 0.5) is 0 Å². The number of benzene rings is 3. The molecule has 234 valence electrons. The first kappa shape index (κ1) is 34.2. The van der Waals surface area contributed by atoms with Gasteiger partial charge in [0.2, 0.25) is 0 Å². The van der Waals surface area contributed by atoms with E-state index in [9.17, 15) is 14.3 Å². The van der Waals surface area contributed by atoms with Crippen LogP contribution < -0.4 is 4.74 Å². The van der Waals surface area contributed by atoms with Gasteiger partial charge in [0.1, 0.15) is 22.9 Å². The van der Waals surface area contributed by atoms with Gasteiger partial charge in [-0.2, -0.15) is 5.26 Å². The summed E-state index contributed by atoms with van der Waals surface area (Å²) >= 11 is 7.11. The molecule has 0 N–H and O–H groups in total. The maximum absolute atomic E-state index is 13.1. The Morgan fingerprint density at radius 1 is 1.04 bits per heavy atom. The van der Waals surface area contributed by atoms with Crippen molar-refractivity contribution in [1.82, 2.24) is 4.98 Å². The number of nitrogens with zero attached hydrogens (tertiary/aromatic N) is 2. The number of esters is 1. The van der Waals surface area contributed by atoms with Gasteiger partial charge in [0.15, 0.2) is 0 Å². The van der Waals surface area contributed by atoms with Crippen LogP contribution in [0.5, 0.6) is 5.75 Å². The van der Waals surface area contributed by atoms with Crippen molar-refractivity contribution in [3.05, 3.63) is 101 Å². The van der Waals surface area contributed by atoms with Gasteiger partial charge in [0.05, 0.1) is 43.1 Å². The Morgan fingerprint density at radius 3 is 2.44 bits per heavy atom. The van der Waals surface area contributed by atoms with Gasteiger partial charge in [-0.1, -0.05) is 79.2 Å². The fourth-order valence-corrected chi connectivity index (χ4v) is 6.71. The van der Waals surface area contributed by atoms with Gasteiger partial charge < -0.3 is 14.2 Å². The Morgan fingerprint density at radius 2 is 1.78 bits per heavy atom. The topological polar surface area (TPSA) is 98.5 Å². The fourth-order valence-electron chi connectivity index (χ4n) is 4.44. The summed E-state index contributed by atoms with van der Waals surface area (Å²) in [5.74, 6) is 0.845. The van der Waals surface area contributed by atoms with Gasteiger partial charge in [0.25, 0.3) is 0 Å². The molecule has 0 spiro atoms. The Hall–Kier alpha value is -3.68. The lowest BCUT2D eigenvalue weighted by molar-refractivity contribution is -0.147. The first-order chi connectivity index (χ1) is 21.9. The van der Waals surface area contributed by atoms with Crippen LogP contribution in [0.3, 0.4) is 0 Å². The van der Waals surface area contributed by atoms with Crippen molar-refractivity contribution in [2.75, 3.05) is 31.0 Å². The number of ether oxygens (including phenoxy) is 3. The maximum atomic E-state index is 13.1. The zero-order chi connectivity index (χ0) is 32.0. The van der Waals surface area contributed by atoms with Crippen LogP contribution in [-0.2, 0) is 31.7 Å². The summed E-state index contributed by atoms with van der Waals surface area (Å²) in [5.41, 5.74) is 4.38. The standard InChI is InChI=1S/C35H35ClN2O5S2/c1-3-4-18-45(40)24-30(22-42-21-25-10-14-28(36)15-11-25)43-34(39)23-44-35-32(20-37)31(26-8-6-5-7-9-26)19-33(38-35)27-12-16-29(41-2)17-13-27/h5-17,19,30H,3-4,18,21-24H2,1-2H3. The summed E-state index contributed by atoms with van der Waals surface area (Å²) in [6.45, 7) is 2.44. The van der Waals surface area contributed by atoms with E-state index in [-0.39, 0.29) is 18.1 Å². The fraction of sp³-hybridized carbons (Fsp3) is 0.286. The molecular weight excluding hydrogens is 628 g/mol. The average Bonchev–Trinajstić information content (AvgIpc) is 3.07. The largest absolute Gasteiger partial charge is 0.497 e. The third-order valence-electron chi connectivity index (χ3n) is 6.78. The van der Waals surface area contributed by atoms with Gasteiger partial charge in [-0.15, -0.1) is 0 Å². The number of rotatable bonds is 16. The number of aromatic nitrogens is 1. The molecule has 1 heterocycles. The molecule has 0 amide bonds. The number of nitriles is 1. The number of hydrogen-bond acceptors (Lipinski definition) is 8. The van der Waals surface area contributed by atoms with E-state index in [2.05, 4.69) is 6.07 Å². The van der Waals surface area contributed by atoms with E-state index in [4.69, 9.17) is 30.8 Å². The molecule has 0 aliphatic rings. The molecule has 3 aromatic carbocycles. The minimum Gasteiger partial charge on any atom is -0.497 e. The van der Waals surface area contributed by atoms with Crippen LogP contribution in [0.15, 0.2) is 90.0 Å². The molecule has 2 unspecified atom stereocenters. The molecule has 4 rings (SSSR count). The number of carbonyl (C=O) groups is 1. The molecule has 45 heavy (non-hydrogen) atoms. The number of unbranched alkanes of at least 4 members (excludes halogenated alkanes) is 1. The molecule has 0 aliphatic heterocycles. The van der Waals surface area contributed by atoms with Crippen LogP contribution in [0.25, 0.3) is 22.4 Å². The van der Waals surface area contributed by atoms with Crippen molar-refractivity contribution in [2.24, 2.45) is 0 Å². The zero-order valence-electron chi connectivity index (χ0n) is 25.2. The van der Waals surface area contributed by atoms with Gasteiger partial charge in [-0.25, -0.2) is 4.98 Å². The maximum Gasteiger partial charge on any atom is 0.316 e. The number of thioether (sulfide) groups is 1. The van der Waals surface area contributed by atoms with E-state index in [1.54, 1.807) is 19.2 Å². The quantitative estimate of drug-likeness (QED) is 0.0888. The lowest BCUT2D eigenvalue weighted by Gasteiger charge is -2.18. The van der Waals surface area contributed by atoms with Crippen molar-refractivity contribution >= 4 is 40.1 Å². The summed E-state index contributed by atoms with van der Waals surface area (Å²) in [4.78, 5) is 17.9. The molecule has 10 heteroatoms. The highest BCUT2D eigenvalue weighted by atomic mass is 35.5. The predicted molar refractivity (Wildman–Crippen MR) is 181 cm³/mol. The van der Waals surface area contributed by atoms with Crippen LogP contribution in [-0.4, -0.2) is 52.2 Å². The van der Waals surface area contributed by atoms with Crippen molar-refractivity contribution in [2.45, 2.75) is 37.5 Å². The van der Waals surface area contributed by atoms with Gasteiger partial charge in [0, 0.05) is 32.7 Å². The van der Waals surface area contributed by atoms with Crippen molar-refractivity contribution in [3.8, 4) is 34.2 Å². The average molecular weight is 663 g/mol. The van der Waals surface area contributed by atoms with Crippen LogP contribution in [0, 0.1) is 11.3 Å². The molecule has 0 saturated carbocycles. The molecule has 7 nitrogen and oxygen atoms in total. The minimum absolute atomic E-state index is 0.0861. The van der Waals surface area contributed by atoms with E-state index in [1.807, 2.05) is 79.7 Å². The van der Waals surface area contributed by atoms with Crippen molar-refractivity contribution < 1.29 is 23.2 Å². The van der Waals surface area contributed by atoms with E-state index < -0.39 is 22.9 Å². The summed E-state index contributed by atoms with van der Waals surface area (Å²) < 4.78 is 29.6. The number of methoxy groups -OCH3 is 1. The second-order valence-corrected chi connectivity index (χ2v) is 13.2. The SMILES string of the molecule is CCCCS(=O)CC(COCc1ccc(Cl)cc1)OC(=O)CSc1nc(-c2ccc(OC)cc2)cc(-c2ccccc2)c1C#N. The monoisotopic (exact) mass is 662 g/mol. The molecule has 0 saturated heterocycles. The van der Waals surface area contributed by atoms with Crippen LogP contribution in [0.2, 0.25) is 5.02 Å². The first-order valence-electron chi connectivity index (χ1n) is 14.5. The summed E-state index contributed by atoms with van der Waals surface area (Å²) in [6, 6.07) is 28.6. The summed E-state index contributed by atoms with van der Waals surface area (Å²) in [7, 11) is 0.447. The van der Waals surface area contributed by atoms with E-state index >= 15 is 0 Å². The predicted octanol–water partition coefficient (Wildman–Crippen LogP) is 7.72. The van der Waals surface area contributed by atoms with Gasteiger partial charge in [-0.3, -0.25) is 9.00 Å². The second kappa shape index (κ2) is 17.7. The molecular formula is C35H35ClN2O5S2. The van der Waals surface area contributed by atoms with E-state index in [0.717, 1.165) is 52.6 Å². The lowest BCUT2D eigenvalue weighted by atomic mass is 9.99. The molecule has 2 atom stereocenters. The molecule has 0 fully saturated rings. The minimum atomic E-state index is -1.16. The molecule has 0 aliphatic carbocycles. The Labute approximate surface area is 276 Å². The number of hydrogen-bond donors (Lipinski definition) is 0. The second-order valence-electron chi connectivity index (χ2n) is 10.1. The Balaban J connectivity index is 1.51. The third-order valence-corrected chi connectivity index (χ3v) is 9.47. The highest BCUT2D eigenvalue weighted by Gasteiger charge is 2.21. The van der Waals surface area contributed by atoms with Gasteiger partial charge >= 0.3 is 5.97 Å². The highest BCUT2D eigenvalue weighted by molar-refractivity contribution is 8.00. The zero-order valence-corrected chi connectivity index (χ0v) is 27.6. The number of pyridine rings is 1. The number of halogens is 1. The first-order valence-corrected chi connectivity index (χ1v) is 17.4. The molecule has 0 bridgehead atoms. The molecule has 4 aromatic rings. The Bertz CT molecular complexity index is 1610. The molecule has 1 aromatic heterocycles. The lowest BCUT2D eigenvalue weighted by Crippen LogP contribution is -2.30. The normalized spacial score (nSPS) is 12.2. The Kier molecular flexibility index (Phi) is 13.5.